The third-order valence-electron chi connectivity index (χ3n) is 3.70. The van der Waals surface area contributed by atoms with Gasteiger partial charge in [-0.05, 0) is 44.4 Å². The molecule has 2 aliphatic rings. The van der Waals surface area contributed by atoms with Gasteiger partial charge in [0.2, 0.25) is 0 Å². The van der Waals surface area contributed by atoms with E-state index in [0.29, 0.717) is 4.75 Å². The van der Waals surface area contributed by atoms with Gasteiger partial charge in [0, 0.05) is 10.8 Å². The molecular formula is C12H23NS. The van der Waals surface area contributed by atoms with Crippen molar-refractivity contribution in [3.8, 4) is 0 Å². The van der Waals surface area contributed by atoms with Gasteiger partial charge in [-0.1, -0.05) is 19.8 Å². The zero-order chi connectivity index (χ0) is 10.0. The summed E-state index contributed by atoms with van der Waals surface area (Å²) in [5.74, 6) is 2.43. The summed E-state index contributed by atoms with van der Waals surface area (Å²) in [6.07, 6.45) is 7.25. The number of hydrogen-bond donors (Lipinski definition) is 1. The highest BCUT2D eigenvalue weighted by atomic mass is 32.2. The summed E-state index contributed by atoms with van der Waals surface area (Å²) < 4.78 is 0.540. The van der Waals surface area contributed by atoms with Crippen molar-refractivity contribution in [1.29, 1.82) is 0 Å². The van der Waals surface area contributed by atoms with Gasteiger partial charge in [-0.15, -0.1) is 0 Å². The number of thioether (sulfide) groups is 1. The summed E-state index contributed by atoms with van der Waals surface area (Å²) in [6.45, 7) is 5.84. The molecule has 2 heteroatoms. The first-order valence-electron chi connectivity index (χ1n) is 6.12. The minimum absolute atomic E-state index is 0.540. The molecular weight excluding hydrogens is 190 g/mol. The van der Waals surface area contributed by atoms with Crippen LogP contribution in [0.5, 0.6) is 0 Å². The Morgan fingerprint density at radius 2 is 2.29 bits per heavy atom. The zero-order valence-corrected chi connectivity index (χ0v) is 10.3. The highest BCUT2D eigenvalue weighted by Crippen LogP contribution is 2.45. The van der Waals surface area contributed by atoms with Crippen LogP contribution in [0.2, 0.25) is 0 Å². The van der Waals surface area contributed by atoms with Gasteiger partial charge in [-0.25, -0.2) is 0 Å². The van der Waals surface area contributed by atoms with Crippen molar-refractivity contribution in [3.63, 3.8) is 0 Å². The molecule has 2 atom stereocenters. The Bertz CT molecular complexity index is 183. The van der Waals surface area contributed by atoms with Crippen molar-refractivity contribution in [2.45, 2.75) is 56.7 Å². The molecule has 0 bridgehead atoms. The van der Waals surface area contributed by atoms with Crippen LogP contribution in [0.15, 0.2) is 0 Å². The van der Waals surface area contributed by atoms with Crippen LogP contribution in [0.1, 0.15) is 46.0 Å². The smallest absolute Gasteiger partial charge is 0.0285 e. The summed E-state index contributed by atoms with van der Waals surface area (Å²) in [5, 5.41) is 3.72. The molecule has 2 unspecified atom stereocenters. The summed E-state index contributed by atoms with van der Waals surface area (Å²) in [4.78, 5) is 0. The van der Waals surface area contributed by atoms with E-state index in [0.717, 1.165) is 18.5 Å². The van der Waals surface area contributed by atoms with E-state index in [2.05, 4.69) is 30.9 Å². The third kappa shape index (κ3) is 2.46. The fraction of sp³-hybridized carbons (Fsp3) is 1.00. The number of rotatable bonds is 5. The molecule has 0 aromatic heterocycles. The van der Waals surface area contributed by atoms with Gasteiger partial charge in [0.05, 0.1) is 0 Å². The van der Waals surface area contributed by atoms with Gasteiger partial charge in [0.25, 0.3) is 0 Å². The Labute approximate surface area is 92.4 Å². The molecule has 2 fully saturated rings. The molecule has 1 aliphatic heterocycles. The van der Waals surface area contributed by atoms with E-state index in [-0.39, 0.29) is 0 Å². The van der Waals surface area contributed by atoms with Gasteiger partial charge in [0.15, 0.2) is 0 Å². The molecule has 0 spiro atoms. The van der Waals surface area contributed by atoms with Gasteiger partial charge in [-0.3, -0.25) is 0 Å². The van der Waals surface area contributed by atoms with E-state index in [1.807, 2.05) is 0 Å². The standard InChI is InChI=1S/C12H23NS/c1-3-13-11(9-10-5-6-10)12(2)7-4-8-14-12/h10-11,13H,3-9H2,1-2H3. The first-order chi connectivity index (χ1) is 6.74. The van der Waals surface area contributed by atoms with Crippen LogP contribution in [0.25, 0.3) is 0 Å². The maximum Gasteiger partial charge on any atom is 0.0285 e. The van der Waals surface area contributed by atoms with Crippen LogP contribution in [0, 0.1) is 5.92 Å². The van der Waals surface area contributed by atoms with Gasteiger partial charge < -0.3 is 5.32 Å². The van der Waals surface area contributed by atoms with Crippen molar-refractivity contribution in [2.75, 3.05) is 12.3 Å². The Balaban J connectivity index is 1.92. The highest BCUT2D eigenvalue weighted by molar-refractivity contribution is 8.00. The molecule has 1 heterocycles. The normalized spacial score (nSPS) is 34.7. The maximum atomic E-state index is 3.72. The molecule has 1 N–H and O–H groups in total. The number of hydrogen-bond acceptors (Lipinski definition) is 2. The average molecular weight is 213 g/mol. The van der Waals surface area contributed by atoms with E-state index in [1.165, 1.54) is 37.9 Å². The quantitative estimate of drug-likeness (QED) is 0.753. The molecule has 0 aromatic carbocycles. The second-order valence-electron chi connectivity index (χ2n) is 5.05. The lowest BCUT2D eigenvalue weighted by molar-refractivity contribution is 0.372. The summed E-state index contributed by atoms with van der Waals surface area (Å²) in [5.41, 5.74) is 0. The molecule has 0 radical (unpaired) electrons. The fourth-order valence-corrected chi connectivity index (χ4v) is 3.98. The van der Waals surface area contributed by atoms with E-state index in [4.69, 9.17) is 0 Å². The van der Waals surface area contributed by atoms with Crippen molar-refractivity contribution >= 4 is 11.8 Å². The van der Waals surface area contributed by atoms with E-state index in [1.54, 1.807) is 0 Å². The predicted molar refractivity (Wildman–Crippen MR) is 64.9 cm³/mol. The summed E-state index contributed by atoms with van der Waals surface area (Å²) >= 11 is 2.20. The molecule has 1 nitrogen and oxygen atoms in total. The minimum Gasteiger partial charge on any atom is -0.313 e. The average Bonchev–Trinajstić information content (AvgIpc) is 2.87. The monoisotopic (exact) mass is 213 g/mol. The van der Waals surface area contributed by atoms with Gasteiger partial charge >= 0.3 is 0 Å². The lowest BCUT2D eigenvalue weighted by Crippen LogP contribution is -2.45. The Morgan fingerprint density at radius 3 is 2.79 bits per heavy atom. The Hall–Kier alpha value is 0.310. The van der Waals surface area contributed by atoms with E-state index >= 15 is 0 Å². The van der Waals surface area contributed by atoms with Crippen LogP contribution in [-0.4, -0.2) is 23.1 Å². The van der Waals surface area contributed by atoms with Crippen LogP contribution in [0.3, 0.4) is 0 Å². The number of nitrogens with one attached hydrogen (secondary N) is 1. The fourth-order valence-electron chi connectivity index (χ4n) is 2.56. The van der Waals surface area contributed by atoms with Crippen molar-refractivity contribution in [2.24, 2.45) is 5.92 Å². The predicted octanol–water partition coefficient (Wildman–Crippen LogP) is 3.05. The summed E-state index contributed by atoms with van der Waals surface area (Å²) in [7, 11) is 0. The molecule has 0 aromatic rings. The minimum atomic E-state index is 0.540. The van der Waals surface area contributed by atoms with Gasteiger partial charge in [-0.2, -0.15) is 11.8 Å². The SMILES string of the molecule is CCNC(CC1CC1)C1(C)CCCS1. The molecule has 1 saturated heterocycles. The lowest BCUT2D eigenvalue weighted by Gasteiger charge is -2.34. The molecule has 1 saturated carbocycles. The van der Waals surface area contributed by atoms with Crippen molar-refractivity contribution in [1.82, 2.24) is 5.32 Å². The molecule has 0 amide bonds. The van der Waals surface area contributed by atoms with Crippen molar-refractivity contribution in [3.05, 3.63) is 0 Å². The Kier molecular flexibility index (Phi) is 3.43. The first-order valence-corrected chi connectivity index (χ1v) is 7.10. The van der Waals surface area contributed by atoms with E-state index in [9.17, 15) is 0 Å². The third-order valence-corrected chi connectivity index (χ3v) is 5.34. The lowest BCUT2D eigenvalue weighted by atomic mass is 9.92. The summed E-state index contributed by atoms with van der Waals surface area (Å²) in [6, 6.07) is 0.771. The molecule has 1 aliphatic carbocycles. The zero-order valence-electron chi connectivity index (χ0n) is 9.51. The molecule has 82 valence electrons. The van der Waals surface area contributed by atoms with E-state index < -0.39 is 0 Å². The van der Waals surface area contributed by atoms with Crippen LogP contribution in [0.4, 0.5) is 0 Å². The largest absolute Gasteiger partial charge is 0.313 e. The Morgan fingerprint density at radius 1 is 1.50 bits per heavy atom. The van der Waals surface area contributed by atoms with Crippen LogP contribution < -0.4 is 5.32 Å². The second-order valence-corrected chi connectivity index (χ2v) is 6.68. The first kappa shape index (κ1) is 10.8. The van der Waals surface area contributed by atoms with Crippen LogP contribution in [-0.2, 0) is 0 Å². The topological polar surface area (TPSA) is 12.0 Å². The van der Waals surface area contributed by atoms with Gasteiger partial charge in [0.1, 0.15) is 0 Å². The van der Waals surface area contributed by atoms with Crippen molar-refractivity contribution < 1.29 is 0 Å². The van der Waals surface area contributed by atoms with Crippen LogP contribution >= 0.6 is 11.8 Å². The molecule has 2 rings (SSSR count). The molecule has 14 heavy (non-hydrogen) atoms. The highest BCUT2D eigenvalue weighted by Gasteiger charge is 2.39. The maximum absolute atomic E-state index is 3.72. The second kappa shape index (κ2) is 4.44.